The van der Waals surface area contributed by atoms with Gasteiger partial charge >= 0.3 is 12.1 Å². The minimum atomic E-state index is -5.43. The lowest BCUT2D eigenvalue weighted by atomic mass is 10.1. The molecule has 0 N–H and O–H groups in total. The SMILES string of the molecule is FC(F)(F)C(F)(F)CCCCCCOCCC1CCCCO1. The van der Waals surface area contributed by atoms with E-state index in [1.54, 1.807) is 0 Å². The van der Waals surface area contributed by atoms with Crippen LogP contribution in [0.15, 0.2) is 0 Å². The smallest absolute Gasteiger partial charge is 0.381 e. The Labute approximate surface area is 128 Å². The molecule has 1 aliphatic heterocycles. The lowest BCUT2D eigenvalue weighted by Crippen LogP contribution is -2.36. The predicted octanol–water partition coefficient (Wildman–Crippen LogP) is 5.11. The van der Waals surface area contributed by atoms with Gasteiger partial charge in [-0.05, 0) is 38.5 Å². The highest BCUT2D eigenvalue weighted by atomic mass is 19.4. The van der Waals surface area contributed by atoms with Crippen LogP contribution in [0.25, 0.3) is 0 Å². The van der Waals surface area contributed by atoms with Crippen LogP contribution >= 0.6 is 0 Å². The van der Waals surface area contributed by atoms with Crippen molar-refractivity contribution >= 4 is 0 Å². The van der Waals surface area contributed by atoms with E-state index in [-0.39, 0.29) is 12.5 Å². The van der Waals surface area contributed by atoms with Crippen LogP contribution in [0.1, 0.15) is 57.8 Å². The van der Waals surface area contributed by atoms with Gasteiger partial charge in [-0.1, -0.05) is 12.8 Å². The van der Waals surface area contributed by atoms with Crippen molar-refractivity contribution in [3.63, 3.8) is 0 Å². The fourth-order valence-corrected chi connectivity index (χ4v) is 2.40. The number of hydrogen-bond donors (Lipinski definition) is 0. The summed E-state index contributed by atoms with van der Waals surface area (Å²) in [5.74, 6) is -4.57. The van der Waals surface area contributed by atoms with E-state index >= 15 is 0 Å². The lowest BCUT2D eigenvalue weighted by Gasteiger charge is -2.22. The van der Waals surface area contributed by atoms with Gasteiger partial charge in [0.15, 0.2) is 0 Å². The summed E-state index contributed by atoms with van der Waals surface area (Å²) in [4.78, 5) is 0. The monoisotopic (exact) mass is 332 g/mol. The Morgan fingerprint density at radius 3 is 2.27 bits per heavy atom. The van der Waals surface area contributed by atoms with E-state index in [0.717, 1.165) is 25.9 Å². The van der Waals surface area contributed by atoms with Crippen LogP contribution in [-0.2, 0) is 9.47 Å². The van der Waals surface area contributed by atoms with E-state index < -0.39 is 18.5 Å². The molecule has 132 valence electrons. The lowest BCUT2D eigenvalue weighted by molar-refractivity contribution is -0.284. The maximum absolute atomic E-state index is 12.6. The Morgan fingerprint density at radius 1 is 0.909 bits per heavy atom. The van der Waals surface area contributed by atoms with Gasteiger partial charge in [0.2, 0.25) is 0 Å². The van der Waals surface area contributed by atoms with Crippen LogP contribution in [-0.4, -0.2) is 38.0 Å². The summed E-state index contributed by atoms with van der Waals surface area (Å²) >= 11 is 0. The first kappa shape index (κ1) is 19.6. The molecule has 1 unspecified atom stereocenters. The topological polar surface area (TPSA) is 18.5 Å². The summed E-state index contributed by atoms with van der Waals surface area (Å²) in [6, 6.07) is 0. The summed E-state index contributed by atoms with van der Waals surface area (Å²) in [6.45, 7) is 1.94. The quantitative estimate of drug-likeness (QED) is 0.409. The zero-order valence-electron chi connectivity index (χ0n) is 12.8. The molecule has 0 radical (unpaired) electrons. The highest BCUT2D eigenvalue weighted by Gasteiger charge is 2.56. The molecule has 7 heteroatoms. The zero-order chi connectivity index (χ0) is 16.5. The summed E-state index contributed by atoms with van der Waals surface area (Å²) in [5, 5.41) is 0. The van der Waals surface area contributed by atoms with Gasteiger partial charge in [-0.2, -0.15) is 22.0 Å². The normalized spacial score (nSPS) is 20.3. The Kier molecular flexibility index (Phi) is 8.61. The van der Waals surface area contributed by atoms with Crippen molar-refractivity contribution in [3.05, 3.63) is 0 Å². The van der Waals surface area contributed by atoms with E-state index in [1.807, 2.05) is 0 Å². The fraction of sp³-hybridized carbons (Fsp3) is 1.00. The first-order chi connectivity index (χ1) is 10.3. The molecule has 0 aromatic rings. The summed E-state index contributed by atoms with van der Waals surface area (Å²) in [7, 11) is 0. The first-order valence-electron chi connectivity index (χ1n) is 7.97. The van der Waals surface area contributed by atoms with Crippen molar-refractivity contribution in [2.24, 2.45) is 0 Å². The van der Waals surface area contributed by atoms with Crippen molar-refractivity contribution < 1.29 is 31.4 Å². The first-order valence-corrected chi connectivity index (χ1v) is 7.97. The second kappa shape index (κ2) is 9.65. The molecular weight excluding hydrogens is 307 g/mol. The van der Waals surface area contributed by atoms with E-state index in [9.17, 15) is 22.0 Å². The molecule has 0 bridgehead atoms. The predicted molar refractivity (Wildman–Crippen MR) is 73.1 cm³/mol. The number of ether oxygens (including phenoxy) is 2. The third kappa shape index (κ3) is 7.72. The molecule has 0 saturated carbocycles. The van der Waals surface area contributed by atoms with Gasteiger partial charge in [0.05, 0.1) is 6.10 Å². The number of halogens is 5. The van der Waals surface area contributed by atoms with E-state index in [1.165, 1.54) is 6.42 Å². The van der Waals surface area contributed by atoms with Crippen LogP contribution in [0.2, 0.25) is 0 Å². The second-order valence-corrected chi connectivity index (χ2v) is 5.76. The van der Waals surface area contributed by atoms with Crippen molar-refractivity contribution in [2.75, 3.05) is 19.8 Å². The average molecular weight is 332 g/mol. The number of rotatable bonds is 10. The zero-order valence-corrected chi connectivity index (χ0v) is 12.8. The van der Waals surface area contributed by atoms with Crippen molar-refractivity contribution in [2.45, 2.75) is 76.0 Å². The van der Waals surface area contributed by atoms with Gasteiger partial charge in [0.25, 0.3) is 0 Å². The molecule has 22 heavy (non-hydrogen) atoms. The van der Waals surface area contributed by atoms with Crippen molar-refractivity contribution in [1.82, 2.24) is 0 Å². The van der Waals surface area contributed by atoms with Crippen molar-refractivity contribution in [3.8, 4) is 0 Å². The van der Waals surface area contributed by atoms with Gasteiger partial charge in [-0.3, -0.25) is 0 Å². The van der Waals surface area contributed by atoms with E-state index in [4.69, 9.17) is 9.47 Å². The Bertz CT molecular complexity index is 288. The maximum Gasteiger partial charge on any atom is 0.453 e. The largest absolute Gasteiger partial charge is 0.453 e. The van der Waals surface area contributed by atoms with Crippen LogP contribution in [0, 0.1) is 0 Å². The Hall–Kier alpha value is -0.430. The number of unbranched alkanes of at least 4 members (excludes halogenated alkanes) is 3. The molecule has 1 heterocycles. The molecule has 1 saturated heterocycles. The number of alkyl halides is 5. The van der Waals surface area contributed by atoms with Gasteiger partial charge in [0.1, 0.15) is 0 Å². The molecule has 1 atom stereocenters. The summed E-state index contributed by atoms with van der Waals surface area (Å²) in [6.07, 6.45) is -0.529. The van der Waals surface area contributed by atoms with Crippen LogP contribution in [0.4, 0.5) is 22.0 Å². The molecule has 1 fully saturated rings. The third-order valence-corrected chi connectivity index (χ3v) is 3.80. The summed E-state index contributed by atoms with van der Waals surface area (Å²) < 4.78 is 72.0. The minimum absolute atomic E-state index is 0.123. The van der Waals surface area contributed by atoms with Crippen LogP contribution in [0.5, 0.6) is 0 Å². The molecule has 0 amide bonds. The highest BCUT2D eigenvalue weighted by Crippen LogP contribution is 2.39. The average Bonchev–Trinajstić information content (AvgIpc) is 2.45. The molecule has 0 aromatic carbocycles. The number of hydrogen-bond acceptors (Lipinski definition) is 2. The molecule has 1 rings (SSSR count). The maximum atomic E-state index is 12.6. The third-order valence-electron chi connectivity index (χ3n) is 3.80. The standard InChI is InChI=1S/C15H25F5O2/c16-14(17,15(18,19)20)9-4-1-2-5-10-21-12-8-13-7-3-6-11-22-13/h13H,1-12H2. The molecule has 0 aromatic heterocycles. The molecular formula is C15H25F5O2. The minimum Gasteiger partial charge on any atom is -0.381 e. The highest BCUT2D eigenvalue weighted by molar-refractivity contribution is 4.75. The second-order valence-electron chi connectivity index (χ2n) is 5.76. The van der Waals surface area contributed by atoms with Crippen LogP contribution < -0.4 is 0 Å². The fourth-order valence-electron chi connectivity index (χ4n) is 2.40. The van der Waals surface area contributed by atoms with Gasteiger partial charge in [-0.15, -0.1) is 0 Å². The Balaban J connectivity index is 1.89. The molecule has 2 nitrogen and oxygen atoms in total. The van der Waals surface area contributed by atoms with Gasteiger partial charge in [0, 0.05) is 26.2 Å². The van der Waals surface area contributed by atoms with Gasteiger partial charge in [-0.25, -0.2) is 0 Å². The molecule has 0 aliphatic carbocycles. The van der Waals surface area contributed by atoms with Gasteiger partial charge < -0.3 is 9.47 Å². The van der Waals surface area contributed by atoms with Crippen LogP contribution in [0.3, 0.4) is 0 Å². The molecule has 1 aliphatic rings. The van der Waals surface area contributed by atoms with E-state index in [0.29, 0.717) is 32.5 Å². The Morgan fingerprint density at radius 2 is 1.64 bits per heavy atom. The summed E-state index contributed by atoms with van der Waals surface area (Å²) in [5.41, 5.74) is 0. The molecule has 0 spiro atoms. The van der Waals surface area contributed by atoms with E-state index in [2.05, 4.69) is 0 Å². The van der Waals surface area contributed by atoms with Crippen molar-refractivity contribution in [1.29, 1.82) is 0 Å².